The Bertz CT molecular complexity index is 114. The molecule has 0 heterocycles. The molecular weight excluding hydrogens is 153 g/mol. The molecule has 3 heteroatoms. The number of hydrogen-bond acceptors (Lipinski definition) is 1. The van der Waals surface area contributed by atoms with Crippen LogP contribution in [0.4, 0.5) is 0 Å². The van der Waals surface area contributed by atoms with Gasteiger partial charge in [0.05, 0.1) is 0 Å². The topological polar surface area (TPSA) is 29.1 Å². The molecule has 0 aromatic carbocycles. The first-order chi connectivity index (χ1) is 4.20. The fourth-order valence-corrected chi connectivity index (χ4v) is 0.404. The van der Waals surface area contributed by atoms with Crippen LogP contribution in [0.1, 0.15) is 20.3 Å². The molecular formula is C7H14KNO. The van der Waals surface area contributed by atoms with Crippen LogP contribution in [-0.2, 0) is 4.79 Å². The van der Waals surface area contributed by atoms with E-state index in [2.05, 4.69) is 11.9 Å². The van der Waals surface area contributed by atoms with Crippen molar-refractivity contribution in [2.24, 2.45) is 0 Å². The van der Waals surface area contributed by atoms with Gasteiger partial charge in [0.15, 0.2) is 0 Å². The molecule has 0 aromatic rings. The molecule has 1 unspecified atom stereocenters. The molecule has 0 fully saturated rings. The minimum absolute atomic E-state index is 0. The summed E-state index contributed by atoms with van der Waals surface area (Å²) in [5.41, 5.74) is 0. The van der Waals surface area contributed by atoms with Crippen molar-refractivity contribution in [3.63, 3.8) is 0 Å². The number of carbonyl (C=O) groups is 1. The summed E-state index contributed by atoms with van der Waals surface area (Å²) in [7, 11) is 0. The molecule has 0 spiro atoms. The number of nitrogens with one attached hydrogen (secondary N) is 1. The summed E-state index contributed by atoms with van der Waals surface area (Å²) in [4.78, 5) is 10.6. The molecule has 0 aliphatic rings. The molecule has 0 saturated carbocycles. The maximum absolute atomic E-state index is 10.6. The van der Waals surface area contributed by atoms with Crippen molar-refractivity contribution in [3.05, 3.63) is 12.7 Å². The van der Waals surface area contributed by atoms with E-state index in [0.29, 0.717) is 0 Å². The number of carbonyl (C=O) groups excluding carboxylic acids is 1. The van der Waals surface area contributed by atoms with Crippen LogP contribution in [0, 0.1) is 0 Å². The SMILES string of the molecule is C=CC(=O)NC(C)CC.[KH]. The molecule has 0 bridgehead atoms. The van der Waals surface area contributed by atoms with Crippen LogP contribution >= 0.6 is 0 Å². The van der Waals surface area contributed by atoms with Gasteiger partial charge < -0.3 is 5.32 Å². The zero-order chi connectivity index (χ0) is 7.28. The van der Waals surface area contributed by atoms with Crippen molar-refractivity contribution in [3.8, 4) is 0 Å². The van der Waals surface area contributed by atoms with Crippen LogP contribution in [0.25, 0.3) is 0 Å². The van der Waals surface area contributed by atoms with E-state index < -0.39 is 0 Å². The molecule has 0 radical (unpaired) electrons. The molecule has 1 N–H and O–H groups in total. The monoisotopic (exact) mass is 167 g/mol. The number of amides is 1. The molecule has 0 aromatic heterocycles. The predicted molar refractivity (Wildman–Crippen MR) is 45.2 cm³/mol. The summed E-state index contributed by atoms with van der Waals surface area (Å²) in [6, 6.07) is 0.260. The van der Waals surface area contributed by atoms with E-state index in [4.69, 9.17) is 0 Å². The van der Waals surface area contributed by atoms with Crippen LogP contribution < -0.4 is 5.32 Å². The van der Waals surface area contributed by atoms with Crippen LogP contribution in [0.5, 0.6) is 0 Å². The van der Waals surface area contributed by atoms with E-state index in [9.17, 15) is 4.79 Å². The third-order valence-corrected chi connectivity index (χ3v) is 1.19. The zero-order valence-corrected chi connectivity index (χ0v) is 5.98. The first-order valence-electron chi connectivity index (χ1n) is 3.13. The second kappa shape index (κ2) is 7.95. The Balaban J connectivity index is 0. The molecule has 2 nitrogen and oxygen atoms in total. The standard InChI is InChI=1S/C7H13NO.K.H/c1-4-6(3)8-7(9)5-2;;/h5-6H,2,4H2,1,3H3,(H,8,9);;. The Morgan fingerprint density at radius 2 is 2.30 bits per heavy atom. The van der Waals surface area contributed by atoms with E-state index in [1.807, 2.05) is 13.8 Å². The molecule has 1 atom stereocenters. The van der Waals surface area contributed by atoms with Crippen LogP contribution in [0.2, 0.25) is 0 Å². The van der Waals surface area contributed by atoms with Gasteiger partial charge >= 0.3 is 51.4 Å². The molecule has 1 amide bonds. The minimum atomic E-state index is -0.0932. The van der Waals surface area contributed by atoms with Gasteiger partial charge in [-0.25, -0.2) is 0 Å². The first-order valence-corrected chi connectivity index (χ1v) is 3.13. The average molecular weight is 167 g/mol. The Labute approximate surface area is 105 Å². The van der Waals surface area contributed by atoms with Crippen molar-refractivity contribution in [2.45, 2.75) is 26.3 Å². The van der Waals surface area contributed by atoms with Crippen molar-refractivity contribution in [1.82, 2.24) is 5.32 Å². The summed E-state index contributed by atoms with van der Waals surface area (Å²) in [6.07, 6.45) is 2.24. The molecule has 10 heavy (non-hydrogen) atoms. The fourth-order valence-electron chi connectivity index (χ4n) is 0.404. The summed E-state index contributed by atoms with van der Waals surface area (Å²) >= 11 is 0. The van der Waals surface area contributed by atoms with Gasteiger partial charge in [0.1, 0.15) is 0 Å². The van der Waals surface area contributed by atoms with Crippen molar-refractivity contribution in [1.29, 1.82) is 0 Å². The molecule has 54 valence electrons. The summed E-state index contributed by atoms with van der Waals surface area (Å²) in [5, 5.41) is 2.72. The van der Waals surface area contributed by atoms with E-state index in [-0.39, 0.29) is 63.3 Å². The summed E-state index contributed by atoms with van der Waals surface area (Å²) in [5.74, 6) is -0.0932. The average Bonchev–Trinajstić information content (AvgIpc) is 1.87. The van der Waals surface area contributed by atoms with Crippen molar-refractivity contribution < 1.29 is 4.79 Å². The first kappa shape index (κ1) is 13.4. The van der Waals surface area contributed by atoms with Gasteiger partial charge in [-0.15, -0.1) is 0 Å². The molecule has 0 saturated heterocycles. The van der Waals surface area contributed by atoms with Gasteiger partial charge in [0, 0.05) is 6.04 Å². The van der Waals surface area contributed by atoms with Gasteiger partial charge in [-0.05, 0) is 19.4 Å². The fraction of sp³-hybridized carbons (Fsp3) is 0.571. The van der Waals surface area contributed by atoms with Gasteiger partial charge in [-0.3, -0.25) is 4.79 Å². The Hall–Kier alpha value is 0.846. The van der Waals surface area contributed by atoms with E-state index in [0.717, 1.165) is 6.42 Å². The van der Waals surface area contributed by atoms with Crippen LogP contribution in [0.3, 0.4) is 0 Å². The molecule has 0 aliphatic heterocycles. The number of rotatable bonds is 3. The Morgan fingerprint density at radius 1 is 1.80 bits per heavy atom. The van der Waals surface area contributed by atoms with E-state index in [1.165, 1.54) is 6.08 Å². The van der Waals surface area contributed by atoms with Crippen LogP contribution in [-0.4, -0.2) is 63.3 Å². The Morgan fingerprint density at radius 3 is 2.60 bits per heavy atom. The second-order valence-corrected chi connectivity index (χ2v) is 2.02. The Kier molecular flexibility index (Phi) is 10.7. The predicted octanol–water partition coefficient (Wildman–Crippen LogP) is 0.439. The van der Waals surface area contributed by atoms with Gasteiger partial charge in [0.2, 0.25) is 5.91 Å². The third kappa shape index (κ3) is 6.96. The normalized spacial score (nSPS) is 11.0. The van der Waals surface area contributed by atoms with Gasteiger partial charge in [-0.2, -0.15) is 0 Å². The summed E-state index contributed by atoms with van der Waals surface area (Å²) in [6.45, 7) is 7.32. The van der Waals surface area contributed by atoms with E-state index >= 15 is 0 Å². The zero-order valence-electron chi connectivity index (χ0n) is 5.98. The quantitative estimate of drug-likeness (QED) is 0.479. The molecule has 0 aliphatic carbocycles. The third-order valence-electron chi connectivity index (χ3n) is 1.19. The van der Waals surface area contributed by atoms with Gasteiger partial charge in [0.25, 0.3) is 0 Å². The molecule has 0 rings (SSSR count). The van der Waals surface area contributed by atoms with Crippen LogP contribution in [0.15, 0.2) is 12.7 Å². The number of hydrogen-bond donors (Lipinski definition) is 1. The van der Waals surface area contributed by atoms with Gasteiger partial charge in [-0.1, -0.05) is 13.5 Å². The van der Waals surface area contributed by atoms with Crippen molar-refractivity contribution in [2.75, 3.05) is 0 Å². The van der Waals surface area contributed by atoms with E-state index in [1.54, 1.807) is 0 Å². The summed E-state index contributed by atoms with van der Waals surface area (Å²) < 4.78 is 0. The second-order valence-electron chi connectivity index (χ2n) is 2.02. The maximum atomic E-state index is 10.6. The van der Waals surface area contributed by atoms with Crippen molar-refractivity contribution >= 4 is 57.3 Å².